The average molecular weight is 356 g/mol. The van der Waals surface area contributed by atoms with Gasteiger partial charge in [0.2, 0.25) is 0 Å². The van der Waals surface area contributed by atoms with Crippen LogP contribution in [0.1, 0.15) is 18.4 Å². The van der Waals surface area contributed by atoms with E-state index in [0.29, 0.717) is 30.1 Å². The molecule has 2 aliphatic heterocycles. The van der Waals surface area contributed by atoms with Crippen LogP contribution in [-0.4, -0.2) is 37.7 Å². The van der Waals surface area contributed by atoms with Crippen LogP contribution in [-0.2, 0) is 14.8 Å². The molecule has 1 fully saturated rings. The minimum Gasteiger partial charge on any atom is -0.425 e. The first kappa shape index (κ1) is 15.8. The lowest BCUT2D eigenvalue weighted by molar-refractivity contribution is -0.138. The van der Waals surface area contributed by atoms with E-state index in [9.17, 15) is 13.2 Å². The quantitative estimate of drug-likeness (QED) is 0.609. The zero-order valence-electron chi connectivity index (χ0n) is 13.3. The Morgan fingerprint density at radius 1 is 1.08 bits per heavy atom. The molecule has 0 bridgehead atoms. The normalized spacial score (nSPS) is 20.9. The summed E-state index contributed by atoms with van der Waals surface area (Å²) >= 11 is 0. The summed E-state index contributed by atoms with van der Waals surface area (Å²) in [5.41, 5.74) is 0.543. The Labute approximate surface area is 145 Å². The highest BCUT2D eigenvalue weighted by Crippen LogP contribution is 2.31. The van der Waals surface area contributed by atoms with Gasteiger partial charge in [-0.1, -0.05) is 30.3 Å². The average Bonchev–Trinajstić information content (AvgIpc) is 3.19. The number of esters is 1. The van der Waals surface area contributed by atoms with Crippen LogP contribution in [0, 0.1) is 0 Å². The lowest BCUT2D eigenvalue weighted by atomic mass is 10.1. The summed E-state index contributed by atoms with van der Waals surface area (Å²) < 4.78 is 33.9. The van der Waals surface area contributed by atoms with Crippen LogP contribution in [0.4, 0.5) is 0 Å². The van der Waals surface area contributed by atoms with E-state index >= 15 is 0 Å². The third kappa shape index (κ3) is 2.80. The van der Waals surface area contributed by atoms with Crippen molar-refractivity contribution in [1.82, 2.24) is 4.90 Å². The summed E-state index contributed by atoms with van der Waals surface area (Å²) in [7, 11) is -3.71. The molecule has 0 aromatic heterocycles. The van der Waals surface area contributed by atoms with Crippen molar-refractivity contribution in [1.29, 1.82) is 0 Å². The van der Waals surface area contributed by atoms with E-state index in [0.717, 1.165) is 6.42 Å². The van der Waals surface area contributed by atoms with Crippen molar-refractivity contribution in [3.05, 3.63) is 60.2 Å². The molecule has 4 rings (SSSR count). The maximum absolute atomic E-state index is 12.6. The number of rotatable bonds is 2. The Morgan fingerprint density at radius 2 is 1.80 bits per heavy atom. The first-order valence-electron chi connectivity index (χ1n) is 8.04. The predicted octanol–water partition coefficient (Wildman–Crippen LogP) is 2.21. The second kappa shape index (κ2) is 6.00. The third-order valence-corrected chi connectivity index (χ3v) is 5.70. The van der Waals surface area contributed by atoms with E-state index in [2.05, 4.69) is 4.40 Å². The first-order valence-corrected chi connectivity index (χ1v) is 9.48. The summed E-state index contributed by atoms with van der Waals surface area (Å²) in [4.78, 5) is 14.5. The molecule has 0 N–H and O–H groups in total. The van der Waals surface area contributed by atoms with Crippen LogP contribution < -0.4 is 4.74 Å². The van der Waals surface area contributed by atoms with Gasteiger partial charge in [-0.2, -0.15) is 8.42 Å². The van der Waals surface area contributed by atoms with E-state index < -0.39 is 22.0 Å². The van der Waals surface area contributed by atoms with Gasteiger partial charge in [-0.05, 0) is 37.1 Å². The molecular weight excluding hydrogens is 340 g/mol. The molecule has 128 valence electrons. The van der Waals surface area contributed by atoms with Crippen LogP contribution >= 0.6 is 0 Å². The van der Waals surface area contributed by atoms with E-state index in [1.807, 2.05) is 6.07 Å². The van der Waals surface area contributed by atoms with Crippen LogP contribution in [0.15, 0.2) is 63.9 Å². The van der Waals surface area contributed by atoms with E-state index in [1.165, 1.54) is 6.07 Å². The molecule has 0 radical (unpaired) electrons. The molecule has 2 aliphatic rings. The number of benzene rings is 2. The Kier molecular flexibility index (Phi) is 3.80. The van der Waals surface area contributed by atoms with Crippen LogP contribution in [0.5, 0.6) is 5.75 Å². The van der Waals surface area contributed by atoms with Gasteiger partial charge in [-0.15, -0.1) is 4.40 Å². The van der Waals surface area contributed by atoms with Gasteiger partial charge in [0.1, 0.15) is 16.7 Å². The van der Waals surface area contributed by atoms with Gasteiger partial charge in [-0.3, -0.25) is 0 Å². The molecule has 25 heavy (non-hydrogen) atoms. The Hall–Kier alpha value is -2.67. The number of hydrogen-bond donors (Lipinski definition) is 0. The molecule has 1 atom stereocenters. The first-order chi connectivity index (χ1) is 12.1. The van der Waals surface area contributed by atoms with E-state index in [4.69, 9.17) is 4.74 Å². The highest BCUT2D eigenvalue weighted by molar-refractivity contribution is 7.90. The Bertz CT molecular complexity index is 954. The standard InChI is InChI=1S/C18H16N2O4S/c21-18(24-13-7-2-1-3-8-13)15-10-6-12-20(15)17-14-9-4-5-11-16(14)25(22,23)19-17/h1-5,7-9,11,15H,6,10,12H2/t15-/m0/s1. The number of nitrogens with zero attached hydrogens (tertiary/aromatic N) is 2. The van der Waals surface area contributed by atoms with Crippen molar-refractivity contribution in [2.75, 3.05) is 6.54 Å². The number of para-hydroxylation sites is 1. The van der Waals surface area contributed by atoms with Gasteiger partial charge >= 0.3 is 5.97 Å². The van der Waals surface area contributed by atoms with Crippen LogP contribution in [0.2, 0.25) is 0 Å². The SMILES string of the molecule is O=C(Oc1ccccc1)[C@@H]1CCCN1C1=NS(=O)(=O)c2ccccc21. The molecule has 0 saturated carbocycles. The summed E-state index contributed by atoms with van der Waals surface area (Å²) in [6.45, 7) is 0.567. The number of fused-ring (bicyclic) bond motifs is 1. The maximum atomic E-state index is 12.6. The number of ether oxygens (including phenoxy) is 1. The lowest BCUT2D eigenvalue weighted by Crippen LogP contribution is -2.42. The summed E-state index contributed by atoms with van der Waals surface area (Å²) in [5, 5.41) is 0. The van der Waals surface area contributed by atoms with Gasteiger partial charge in [0.05, 0.1) is 0 Å². The summed E-state index contributed by atoms with van der Waals surface area (Å²) in [6.07, 6.45) is 1.38. The molecule has 0 aliphatic carbocycles. The van der Waals surface area contributed by atoms with Crippen molar-refractivity contribution in [3.8, 4) is 5.75 Å². The number of carbonyl (C=O) groups is 1. The number of sulfonamides is 1. The van der Waals surface area contributed by atoms with Crippen molar-refractivity contribution in [3.63, 3.8) is 0 Å². The molecule has 2 heterocycles. The number of likely N-dealkylation sites (tertiary alicyclic amines) is 1. The predicted molar refractivity (Wildman–Crippen MR) is 92.0 cm³/mol. The highest BCUT2D eigenvalue weighted by Gasteiger charge is 2.40. The van der Waals surface area contributed by atoms with Gasteiger partial charge in [0.25, 0.3) is 10.0 Å². The maximum Gasteiger partial charge on any atom is 0.334 e. The van der Waals surface area contributed by atoms with Crippen LogP contribution in [0.3, 0.4) is 0 Å². The fourth-order valence-electron chi connectivity index (χ4n) is 3.23. The molecule has 6 nitrogen and oxygen atoms in total. The monoisotopic (exact) mass is 356 g/mol. The Balaban J connectivity index is 1.64. The zero-order valence-corrected chi connectivity index (χ0v) is 14.1. The van der Waals surface area contributed by atoms with Crippen molar-refractivity contribution < 1.29 is 17.9 Å². The third-order valence-electron chi connectivity index (χ3n) is 4.37. The number of carbonyl (C=O) groups excluding carboxylic acids is 1. The number of hydrogen-bond acceptors (Lipinski definition) is 5. The highest BCUT2D eigenvalue weighted by atomic mass is 32.2. The van der Waals surface area contributed by atoms with Gasteiger partial charge in [-0.25, -0.2) is 4.79 Å². The minimum absolute atomic E-state index is 0.187. The molecule has 1 saturated heterocycles. The second-order valence-electron chi connectivity index (χ2n) is 5.97. The van der Waals surface area contributed by atoms with Crippen molar-refractivity contribution >= 4 is 21.8 Å². The van der Waals surface area contributed by atoms with E-state index in [1.54, 1.807) is 47.4 Å². The van der Waals surface area contributed by atoms with Crippen molar-refractivity contribution in [2.24, 2.45) is 4.40 Å². The molecule has 0 unspecified atom stereocenters. The molecule has 2 aromatic carbocycles. The summed E-state index contributed by atoms with van der Waals surface area (Å²) in [6, 6.07) is 15.0. The largest absolute Gasteiger partial charge is 0.425 e. The Morgan fingerprint density at radius 3 is 2.60 bits per heavy atom. The number of amidine groups is 1. The second-order valence-corrected chi connectivity index (χ2v) is 7.54. The van der Waals surface area contributed by atoms with Crippen LogP contribution in [0.25, 0.3) is 0 Å². The van der Waals surface area contributed by atoms with Crippen molar-refractivity contribution in [2.45, 2.75) is 23.8 Å². The lowest BCUT2D eigenvalue weighted by Gasteiger charge is -2.24. The molecular formula is C18H16N2O4S. The molecule has 0 spiro atoms. The zero-order chi connectivity index (χ0) is 17.4. The molecule has 0 amide bonds. The fraction of sp³-hybridized carbons (Fsp3) is 0.222. The molecule has 2 aromatic rings. The summed E-state index contributed by atoms with van der Waals surface area (Å²) in [5.74, 6) is 0.414. The van der Waals surface area contributed by atoms with Gasteiger partial charge in [0, 0.05) is 12.1 Å². The van der Waals surface area contributed by atoms with Gasteiger partial charge < -0.3 is 9.64 Å². The fourth-order valence-corrected chi connectivity index (χ4v) is 4.45. The minimum atomic E-state index is -3.71. The smallest absolute Gasteiger partial charge is 0.334 e. The van der Waals surface area contributed by atoms with E-state index in [-0.39, 0.29) is 4.90 Å². The topological polar surface area (TPSA) is 76.0 Å². The molecule has 7 heteroatoms. The van der Waals surface area contributed by atoms with Gasteiger partial charge in [0.15, 0.2) is 5.84 Å².